The lowest BCUT2D eigenvalue weighted by molar-refractivity contribution is -0.384. The Bertz CT molecular complexity index is 1000. The summed E-state index contributed by atoms with van der Waals surface area (Å²) >= 11 is 6.99. The molecule has 1 N–H and O–H groups in total. The molecule has 1 amide bonds. The third-order valence-corrected chi connectivity index (χ3v) is 5.08. The zero-order valence-electron chi connectivity index (χ0n) is 14.5. The number of rotatable bonds is 5. The average molecular weight is 403 g/mol. The Morgan fingerprint density at radius 3 is 2.52 bits per heavy atom. The SMILES string of the molecule is CC(C)c1ccc(-c2nnc(NC(=O)c3ccc(Cl)c([N+](=O)[O-])c3)s2)cc1. The van der Waals surface area contributed by atoms with Crippen LogP contribution in [0.15, 0.2) is 42.5 Å². The van der Waals surface area contributed by atoms with E-state index < -0.39 is 10.8 Å². The van der Waals surface area contributed by atoms with Gasteiger partial charge < -0.3 is 0 Å². The molecule has 0 aliphatic heterocycles. The molecule has 0 bridgehead atoms. The quantitative estimate of drug-likeness (QED) is 0.470. The van der Waals surface area contributed by atoms with Crippen LogP contribution < -0.4 is 5.32 Å². The van der Waals surface area contributed by atoms with Crippen molar-refractivity contribution in [3.8, 4) is 10.6 Å². The van der Waals surface area contributed by atoms with Gasteiger partial charge in [0.05, 0.1) is 4.92 Å². The summed E-state index contributed by atoms with van der Waals surface area (Å²) in [7, 11) is 0. The molecule has 0 aliphatic carbocycles. The number of amides is 1. The second-order valence-corrected chi connectivity index (χ2v) is 7.45. The number of nitrogens with one attached hydrogen (secondary N) is 1. The lowest BCUT2D eigenvalue weighted by Gasteiger charge is -2.04. The van der Waals surface area contributed by atoms with Crippen molar-refractivity contribution < 1.29 is 9.72 Å². The van der Waals surface area contributed by atoms with Gasteiger partial charge in [0.15, 0.2) is 0 Å². The topological polar surface area (TPSA) is 98.0 Å². The van der Waals surface area contributed by atoms with E-state index >= 15 is 0 Å². The summed E-state index contributed by atoms with van der Waals surface area (Å²) in [6, 6.07) is 11.9. The lowest BCUT2D eigenvalue weighted by atomic mass is 10.0. The Hall–Kier alpha value is -2.84. The predicted molar refractivity (Wildman–Crippen MR) is 105 cm³/mol. The first-order valence-corrected chi connectivity index (χ1v) is 9.23. The zero-order valence-corrected chi connectivity index (χ0v) is 16.0. The molecule has 0 unspecified atom stereocenters. The van der Waals surface area contributed by atoms with Crippen LogP contribution in [0.2, 0.25) is 5.02 Å². The number of hydrogen-bond acceptors (Lipinski definition) is 6. The minimum absolute atomic E-state index is 0.0282. The molecule has 138 valence electrons. The number of nitrogens with zero attached hydrogens (tertiary/aromatic N) is 3. The Kier molecular flexibility index (Phi) is 5.48. The number of nitro groups is 1. The van der Waals surface area contributed by atoms with Gasteiger partial charge in [-0.25, -0.2) is 0 Å². The fourth-order valence-electron chi connectivity index (χ4n) is 2.36. The molecule has 0 saturated carbocycles. The standard InChI is InChI=1S/C18H15ClN4O3S/c1-10(2)11-3-5-12(6-4-11)17-21-22-18(27-17)20-16(24)13-7-8-14(19)15(9-13)23(25)26/h3-10H,1-2H3,(H,20,22,24). The Morgan fingerprint density at radius 1 is 1.19 bits per heavy atom. The van der Waals surface area contributed by atoms with E-state index in [1.807, 2.05) is 24.3 Å². The van der Waals surface area contributed by atoms with Crippen LogP contribution in [0, 0.1) is 10.1 Å². The van der Waals surface area contributed by atoms with Crippen molar-refractivity contribution in [2.24, 2.45) is 0 Å². The van der Waals surface area contributed by atoms with E-state index in [0.29, 0.717) is 16.1 Å². The van der Waals surface area contributed by atoms with Crippen molar-refractivity contribution in [3.63, 3.8) is 0 Å². The summed E-state index contributed by atoms with van der Waals surface area (Å²) in [6.45, 7) is 4.24. The monoisotopic (exact) mass is 402 g/mol. The van der Waals surface area contributed by atoms with Gasteiger partial charge in [0.25, 0.3) is 11.6 Å². The molecule has 1 aromatic heterocycles. The second-order valence-electron chi connectivity index (χ2n) is 6.07. The smallest absolute Gasteiger partial charge is 0.288 e. The fourth-order valence-corrected chi connectivity index (χ4v) is 3.29. The second kappa shape index (κ2) is 7.81. The van der Waals surface area contributed by atoms with Gasteiger partial charge in [-0.05, 0) is 23.6 Å². The van der Waals surface area contributed by atoms with Crippen LogP contribution in [0.4, 0.5) is 10.8 Å². The highest BCUT2D eigenvalue weighted by atomic mass is 35.5. The molecule has 0 fully saturated rings. The maximum atomic E-state index is 12.3. The third-order valence-electron chi connectivity index (χ3n) is 3.87. The number of carbonyl (C=O) groups excluding carboxylic acids is 1. The molecule has 1 heterocycles. The summed E-state index contributed by atoms with van der Waals surface area (Å²) in [5, 5.41) is 22.6. The van der Waals surface area contributed by atoms with Gasteiger partial charge in [0.1, 0.15) is 10.0 Å². The van der Waals surface area contributed by atoms with Crippen LogP contribution in [0.25, 0.3) is 10.6 Å². The van der Waals surface area contributed by atoms with Crippen molar-refractivity contribution >= 4 is 39.7 Å². The van der Waals surface area contributed by atoms with E-state index in [-0.39, 0.29) is 16.3 Å². The zero-order chi connectivity index (χ0) is 19.6. The van der Waals surface area contributed by atoms with Crippen molar-refractivity contribution in [2.45, 2.75) is 19.8 Å². The first-order valence-electron chi connectivity index (χ1n) is 8.04. The first-order chi connectivity index (χ1) is 12.8. The Labute approximate surface area is 164 Å². The fraction of sp³-hybridized carbons (Fsp3) is 0.167. The first kappa shape index (κ1) is 18.9. The van der Waals surface area contributed by atoms with Crippen molar-refractivity contribution in [2.75, 3.05) is 5.32 Å². The van der Waals surface area contributed by atoms with Crippen LogP contribution in [0.1, 0.15) is 35.7 Å². The summed E-state index contributed by atoms with van der Waals surface area (Å²) in [5.41, 5.74) is 1.91. The van der Waals surface area contributed by atoms with Gasteiger partial charge in [0.2, 0.25) is 5.13 Å². The third kappa shape index (κ3) is 4.29. The van der Waals surface area contributed by atoms with E-state index in [9.17, 15) is 14.9 Å². The van der Waals surface area contributed by atoms with Crippen LogP contribution >= 0.6 is 22.9 Å². The molecule has 0 spiro atoms. The highest BCUT2D eigenvalue weighted by Gasteiger charge is 2.17. The molecule has 0 aliphatic rings. The van der Waals surface area contributed by atoms with Crippen LogP contribution in [-0.4, -0.2) is 21.0 Å². The van der Waals surface area contributed by atoms with Gasteiger partial charge in [-0.3, -0.25) is 20.2 Å². The molecule has 7 nitrogen and oxygen atoms in total. The number of anilines is 1. The Morgan fingerprint density at radius 2 is 1.89 bits per heavy atom. The molecule has 0 atom stereocenters. The van der Waals surface area contributed by atoms with Crippen molar-refractivity contribution in [3.05, 3.63) is 68.7 Å². The Balaban J connectivity index is 1.76. The molecule has 27 heavy (non-hydrogen) atoms. The van der Waals surface area contributed by atoms with Crippen LogP contribution in [0.3, 0.4) is 0 Å². The molecular weight excluding hydrogens is 388 g/mol. The molecule has 9 heteroatoms. The molecule has 3 rings (SSSR count). The van der Waals surface area contributed by atoms with Gasteiger partial charge >= 0.3 is 0 Å². The molecule has 3 aromatic rings. The molecule has 2 aromatic carbocycles. The number of benzene rings is 2. The maximum Gasteiger partial charge on any atom is 0.288 e. The number of nitro benzene ring substituents is 1. The summed E-state index contributed by atoms with van der Waals surface area (Å²) in [4.78, 5) is 22.6. The van der Waals surface area contributed by atoms with Crippen molar-refractivity contribution in [1.82, 2.24) is 10.2 Å². The van der Waals surface area contributed by atoms with E-state index in [2.05, 4.69) is 29.4 Å². The van der Waals surface area contributed by atoms with E-state index in [1.165, 1.54) is 29.0 Å². The highest BCUT2D eigenvalue weighted by Crippen LogP contribution is 2.29. The van der Waals surface area contributed by atoms with E-state index in [4.69, 9.17) is 11.6 Å². The normalized spacial score (nSPS) is 10.8. The maximum absolute atomic E-state index is 12.3. The average Bonchev–Trinajstić information content (AvgIpc) is 3.10. The minimum atomic E-state index is -0.636. The molecule has 0 radical (unpaired) electrons. The lowest BCUT2D eigenvalue weighted by Crippen LogP contribution is -2.12. The highest BCUT2D eigenvalue weighted by molar-refractivity contribution is 7.18. The largest absolute Gasteiger partial charge is 0.296 e. The van der Waals surface area contributed by atoms with Crippen LogP contribution in [-0.2, 0) is 0 Å². The summed E-state index contributed by atoms with van der Waals surface area (Å²) in [6.07, 6.45) is 0. The predicted octanol–water partition coefficient (Wildman–Crippen LogP) is 5.14. The number of aromatic nitrogens is 2. The number of halogens is 1. The molecule has 0 saturated heterocycles. The minimum Gasteiger partial charge on any atom is -0.296 e. The summed E-state index contributed by atoms with van der Waals surface area (Å²) in [5.74, 6) is -0.0839. The van der Waals surface area contributed by atoms with Crippen molar-refractivity contribution in [1.29, 1.82) is 0 Å². The van der Waals surface area contributed by atoms with Gasteiger partial charge in [0, 0.05) is 17.2 Å². The number of carbonyl (C=O) groups is 1. The number of hydrogen-bond donors (Lipinski definition) is 1. The molecular formula is C18H15ClN4O3S. The van der Waals surface area contributed by atoms with Gasteiger partial charge in [-0.1, -0.05) is 61.1 Å². The van der Waals surface area contributed by atoms with E-state index in [1.54, 1.807) is 0 Å². The van der Waals surface area contributed by atoms with Crippen LogP contribution in [0.5, 0.6) is 0 Å². The van der Waals surface area contributed by atoms with Gasteiger partial charge in [-0.15, -0.1) is 10.2 Å². The van der Waals surface area contributed by atoms with E-state index in [0.717, 1.165) is 11.6 Å². The van der Waals surface area contributed by atoms with Gasteiger partial charge in [-0.2, -0.15) is 0 Å². The summed E-state index contributed by atoms with van der Waals surface area (Å²) < 4.78 is 0.